The number of halogens is 2. The number of benzene rings is 2. The van der Waals surface area contributed by atoms with Gasteiger partial charge in [0.2, 0.25) is 5.91 Å². The molecule has 1 saturated heterocycles. The summed E-state index contributed by atoms with van der Waals surface area (Å²) in [6, 6.07) is 17.0. The minimum atomic E-state index is -1.11. The van der Waals surface area contributed by atoms with Crippen molar-refractivity contribution in [3.63, 3.8) is 0 Å². The lowest BCUT2D eigenvalue weighted by Gasteiger charge is -2.45. The average Bonchev–Trinajstić information content (AvgIpc) is 3.78. The fourth-order valence-electron chi connectivity index (χ4n) is 4.68. The standard InChI is InChI=1S/C21H31ClN2O4S.C6H5Cl.C2H6/c1-2-29(28)23-12-20(15-3-4-15)24-19(14-5-8-17(22)9-6-14)10-7-16(21(24)27)11-18(26)13-25;7-6-4-2-1-3-5-6;1-2/h5-6,8-9,15-16,18-20,23,25-26H,2-4,7,10-13H2,1H3;1-5H;1-2H3/t16-,18?,19+,20?,29?;;/m1../s1. The summed E-state index contributed by atoms with van der Waals surface area (Å²) in [6.45, 7) is 6.02. The zero-order chi connectivity index (χ0) is 28.1. The molecule has 2 aromatic rings. The molecule has 1 heterocycles. The maximum absolute atomic E-state index is 13.5. The van der Waals surface area contributed by atoms with Gasteiger partial charge in [-0.25, -0.2) is 8.93 Å². The number of aliphatic hydroxyl groups is 2. The van der Waals surface area contributed by atoms with Crippen LogP contribution in [0.15, 0.2) is 54.6 Å². The number of hydrogen-bond acceptors (Lipinski definition) is 4. The molecule has 2 fully saturated rings. The summed E-state index contributed by atoms with van der Waals surface area (Å²) in [4.78, 5) is 15.5. The summed E-state index contributed by atoms with van der Waals surface area (Å²) in [5.41, 5.74) is 1.05. The topological polar surface area (TPSA) is 89.9 Å². The molecule has 0 spiro atoms. The van der Waals surface area contributed by atoms with E-state index in [0.29, 0.717) is 29.7 Å². The number of rotatable bonds is 10. The molecule has 3 N–H and O–H groups in total. The molecule has 2 aromatic carbocycles. The Balaban J connectivity index is 0.000000481. The summed E-state index contributed by atoms with van der Waals surface area (Å²) >= 11 is 11.6. The molecule has 0 aromatic heterocycles. The van der Waals surface area contributed by atoms with E-state index in [-0.39, 0.29) is 36.9 Å². The van der Waals surface area contributed by atoms with Crippen LogP contribution in [0.2, 0.25) is 10.0 Å². The van der Waals surface area contributed by atoms with Crippen LogP contribution in [0.3, 0.4) is 0 Å². The Hall–Kier alpha value is -1.48. The maximum atomic E-state index is 13.5. The van der Waals surface area contributed by atoms with Crippen LogP contribution >= 0.6 is 23.2 Å². The highest BCUT2D eigenvalue weighted by Gasteiger charge is 2.45. The number of aliphatic hydroxyl groups excluding tert-OH is 2. The second-order valence-electron chi connectivity index (χ2n) is 9.34. The van der Waals surface area contributed by atoms with Gasteiger partial charge < -0.3 is 15.1 Å². The first-order chi connectivity index (χ1) is 18.3. The molecule has 1 aliphatic carbocycles. The van der Waals surface area contributed by atoms with Gasteiger partial charge in [0, 0.05) is 34.3 Å². The van der Waals surface area contributed by atoms with Gasteiger partial charge in [-0.05, 0) is 67.9 Å². The van der Waals surface area contributed by atoms with Crippen molar-refractivity contribution in [1.82, 2.24) is 9.62 Å². The first kappa shape index (κ1) is 32.7. The minimum Gasteiger partial charge on any atom is -0.394 e. The SMILES string of the molecule is CC.CCS(=O)NCC(C1CC1)N1C(=O)[C@@H](CC(O)CO)CC[C@H]1c1ccc(Cl)cc1.Clc1ccccc1. The molecular weight excluding hydrogens is 543 g/mol. The van der Waals surface area contributed by atoms with Crippen molar-refractivity contribution in [1.29, 1.82) is 0 Å². The third kappa shape index (κ3) is 10.2. The van der Waals surface area contributed by atoms with Gasteiger partial charge in [-0.2, -0.15) is 0 Å². The first-order valence-electron chi connectivity index (χ1n) is 13.5. The molecular formula is C29H42Cl2N2O4S. The molecule has 4 rings (SSSR count). The van der Waals surface area contributed by atoms with E-state index in [0.717, 1.165) is 29.8 Å². The number of carbonyl (C=O) groups excluding carboxylic acids is 1. The van der Waals surface area contributed by atoms with E-state index >= 15 is 0 Å². The van der Waals surface area contributed by atoms with Crippen molar-refractivity contribution < 1.29 is 19.2 Å². The van der Waals surface area contributed by atoms with Gasteiger partial charge in [-0.1, -0.05) is 74.3 Å². The van der Waals surface area contributed by atoms with Crippen LogP contribution in [-0.4, -0.2) is 56.3 Å². The number of carbonyl (C=O) groups is 1. The predicted octanol–water partition coefficient (Wildman–Crippen LogP) is 5.78. The summed E-state index contributed by atoms with van der Waals surface area (Å²) in [5.74, 6) is 0.636. The van der Waals surface area contributed by atoms with Crippen LogP contribution in [0.5, 0.6) is 0 Å². The normalized spacial score (nSPS) is 21.3. The molecule has 1 amide bonds. The molecule has 0 bridgehead atoms. The highest BCUT2D eigenvalue weighted by atomic mass is 35.5. The third-order valence-electron chi connectivity index (χ3n) is 6.72. The predicted molar refractivity (Wildman–Crippen MR) is 157 cm³/mol. The van der Waals surface area contributed by atoms with Crippen molar-refractivity contribution in [3.05, 3.63) is 70.2 Å². The lowest BCUT2D eigenvalue weighted by atomic mass is 9.83. The van der Waals surface area contributed by atoms with E-state index in [1.165, 1.54) is 0 Å². The zero-order valence-corrected chi connectivity index (χ0v) is 24.9. The Kier molecular flexibility index (Phi) is 14.9. The largest absolute Gasteiger partial charge is 0.394 e. The van der Waals surface area contributed by atoms with Gasteiger partial charge in [0.25, 0.3) is 0 Å². The molecule has 3 unspecified atom stereocenters. The lowest BCUT2D eigenvalue weighted by Crippen LogP contribution is -2.53. The van der Waals surface area contributed by atoms with Gasteiger partial charge >= 0.3 is 0 Å². The van der Waals surface area contributed by atoms with Gasteiger partial charge in [0.15, 0.2) is 0 Å². The lowest BCUT2D eigenvalue weighted by molar-refractivity contribution is -0.147. The van der Waals surface area contributed by atoms with Crippen molar-refractivity contribution in [2.24, 2.45) is 11.8 Å². The van der Waals surface area contributed by atoms with E-state index in [1.807, 2.05) is 80.3 Å². The molecule has 1 aliphatic heterocycles. The smallest absolute Gasteiger partial charge is 0.226 e. The number of piperidine rings is 1. The number of hydrogen-bond donors (Lipinski definition) is 3. The monoisotopic (exact) mass is 584 g/mol. The minimum absolute atomic E-state index is 0.0182. The van der Waals surface area contributed by atoms with Gasteiger partial charge in [-0.3, -0.25) is 4.79 Å². The fourth-order valence-corrected chi connectivity index (χ4v) is 5.51. The zero-order valence-electron chi connectivity index (χ0n) is 22.6. The third-order valence-corrected chi connectivity index (χ3v) is 8.24. The second kappa shape index (κ2) is 17.3. The van der Waals surface area contributed by atoms with E-state index in [1.54, 1.807) is 0 Å². The Bertz CT molecular complexity index is 976. The summed E-state index contributed by atoms with van der Waals surface area (Å²) in [6.07, 6.45) is 2.97. The van der Waals surface area contributed by atoms with Crippen LogP contribution in [0.4, 0.5) is 0 Å². The van der Waals surface area contributed by atoms with Crippen molar-refractivity contribution in [3.8, 4) is 0 Å². The molecule has 0 radical (unpaired) electrons. The van der Waals surface area contributed by atoms with E-state index in [9.17, 15) is 19.2 Å². The first-order valence-corrected chi connectivity index (χ1v) is 15.6. The molecule has 38 heavy (non-hydrogen) atoms. The molecule has 9 heteroatoms. The van der Waals surface area contributed by atoms with Crippen LogP contribution in [0.25, 0.3) is 0 Å². The quantitative estimate of drug-likeness (QED) is 0.330. The van der Waals surface area contributed by atoms with Crippen molar-refractivity contribution >= 4 is 40.1 Å². The van der Waals surface area contributed by atoms with Crippen molar-refractivity contribution in [2.75, 3.05) is 18.9 Å². The molecule has 6 nitrogen and oxygen atoms in total. The number of likely N-dealkylation sites (tertiary alicyclic amines) is 1. The van der Waals surface area contributed by atoms with Crippen LogP contribution < -0.4 is 4.72 Å². The maximum Gasteiger partial charge on any atom is 0.226 e. The summed E-state index contributed by atoms with van der Waals surface area (Å²) in [7, 11) is -1.11. The fraction of sp³-hybridized carbons (Fsp3) is 0.552. The van der Waals surface area contributed by atoms with Crippen LogP contribution in [0.1, 0.15) is 64.5 Å². The molecule has 2 aliphatic rings. The molecule has 1 saturated carbocycles. The van der Waals surface area contributed by atoms with Crippen LogP contribution in [-0.2, 0) is 15.8 Å². The highest BCUT2D eigenvalue weighted by molar-refractivity contribution is 7.82. The average molecular weight is 586 g/mol. The second-order valence-corrected chi connectivity index (χ2v) is 11.8. The Labute approximate surface area is 240 Å². The van der Waals surface area contributed by atoms with Gasteiger partial charge in [0.1, 0.15) is 0 Å². The summed E-state index contributed by atoms with van der Waals surface area (Å²) in [5, 5.41) is 20.6. The van der Waals surface area contributed by atoms with Gasteiger partial charge in [-0.15, -0.1) is 0 Å². The van der Waals surface area contributed by atoms with Crippen LogP contribution in [0, 0.1) is 11.8 Å². The Morgan fingerprint density at radius 3 is 2.11 bits per heavy atom. The molecule has 212 valence electrons. The number of nitrogens with zero attached hydrogens (tertiary/aromatic N) is 1. The summed E-state index contributed by atoms with van der Waals surface area (Å²) < 4.78 is 15.1. The van der Waals surface area contributed by atoms with E-state index in [2.05, 4.69) is 4.72 Å². The van der Waals surface area contributed by atoms with E-state index < -0.39 is 17.1 Å². The van der Waals surface area contributed by atoms with Gasteiger partial charge in [0.05, 0.1) is 29.7 Å². The molecule has 5 atom stereocenters. The van der Waals surface area contributed by atoms with Crippen molar-refractivity contribution in [2.45, 2.75) is 71.1 Å². The highest BCUT2D eigenvalue weighted by Crippen LogP contribution is 2.44. The number of nitrogens with one attached hydrogen (secondary N) is 1. The Morgan fingerprint density at radius 1 is 1.00 bits per heavy atom. The number of amides is 1. The van der Waals surface area contributed by atoms with E-state index in [4.69, 9.17) is 23.2 Å². The Morgan fingerprint density at radius 2 is 1.61 bits per heavy atom.